The molecule has 3 N–H and O–H groups in total. The molecule has 2 heterocycles. The molecule has 0 aromatic carbocycles. The quantitative estimate of drug-likeness (QED) is 0.0907. The Morgan fingerprint density at radius 2 is 1.66 bits per heavy atom. The van der Waals surface area contributed by atoms with Gasteiger partial charge in [0.1, 0.15) is 23.7 Å². The van der Waals surface area contributed by atoms with Gasteiger partial charge in [0.05, 0.1) is 42.2 Å². The Kier molecular flexibility index (Phi) is 22.8. The molecule has 366 valence electrons. The second-order valence-electron chi connectivity index (χ2n) is 18.6. The maximum absolute atomic E-state index is 14.6. The number of likely N-dealkylation sites (N-methyl/N-ethyl adjacent to an activating group) is 2. The van der Waals surface area contributed by atoms with E-state index in [4.69, 9.17) is 14.2 Å². The summed E-state index contributed by atoms with van der Waals surface area (Å²) in [5.41, 5.74) is -1.03. The molecule has 0 bridgehead atoms. The summed E-state index contributed by atoms with van der Waals surface area (Å²) in [5.74, 6) is -2.52. The summed E-state index contributed by atoms with van der Waals surface area (Å²) in [6.07, 6.45) is 10.0. The number of hydrogen-bond donors (Lipinski definition) is 3. The lowest BCUT2D eigenvalue weighted by molar-refractivity contribution is -0.148. The van der Waals surface area contributed by atoms with Crippen LogP contribution in [0.5, 0.6) is 0 Å². The zero-order valence-corrected chi connectivity index (χ0v) is 42.7. The van der Waals surface area contributed by atoms with Crippen LogP contribution in [-0.2, 0) is 33.4 Å². The first-order valence-electron chi connectivity index (χ1n) is 23.1. The summed E-state index contributed by atoms with van der Waals surface area (Å²) in [6.45, 7) is 17.6. The lowest BCUT2D eigenvalue weighted by Gasteiger charge is -2.41. The van der Waals surface area contributed by atoms with Crippen molar-refractivity contribution in [3.05, 3.63) is 48.7 Å². The first-order chi connectivity index (χ1) is 30.7. The summed E-state index contributed by atoms with van der Waals surface area (Å²) >= 11 is 0. The van der Waals surface area contributed by atoms with Gasteiger partial charge in [-0.05, 0) is 80.2 Å². The number of nitrogens with zero attached hydrogens (tertiary/aromatic N) is 4. The number of methoxy groups -OCH3 is 2. The van der Waals surface area contributed by atoms with Crippen LogP contribution >= 0.6 is 21.6 Å². The second-order valence-corrected chi connectivity index (χ2v) is 21.2. The molecule has 3 rings (SSSR count). The summed E-state index contributed by atoms with van der Waals surface area (Å²) in [4.78, 5) is 78.9. The molecule has 0 spiro atoms. The van der Waals surface area contributed by atoms with Crippen LogP contribution in [0.1, 0.15) is 101 Å². The smallest absolute Gasteiger partial charge is 0.410 e. The summed E-state index contributed by atoms with van der Waals surface area (Å²) in [6, 6.07) is 2.59. The number of carbonyl (C=O) groups is 5. The maximum atomic E-state index is 14.6. The van der Waals surface area contributed by atoms with Gasteiger partial charge in [-0.1, -0.05) is 96.1 Å². The first-order valence-corrected chi connectivity index (χ1v) is 25.3. The third kappa shape index (κ3) is 16.0. The van der Waals surface area contributed by atoms with Gasteiger partial charge in [-0.15, -0.1) is 0 Å². The van der Waals surface area contributed by atoms with Gasteiger partial charge in [0.15, 0.2) is 0 Å². The SMILES string of the molecule is CC[C@H](C)[C@@H]([C@@H](CC(=O)N1CCC[C@@H]1[C@H](OC)[C@@H](C)C(=O)N[C@H](C)C[C@]1(O)C=CC=CC1)OC)N(C)C(=O)[C@@H](NC(=O)[C@H](C(C)C)N(C)C(=O)OC[C@@H](C)SSc1ccccn1)C(C)C. The van der Waals surface area contributed by atoms with E-state index in [1.807, 2.05) is 91.8 Å². The van der Waals surface area contributed by atoms with E-state index in [-0.39, 0.29) is 65.8 Å². The molecule has 1 aromatic heterocycles. The van der Waals surface area contributed by atoms with Crippen LogP contribution in [0.25, 0.3) is 0 Å². The average Bonchev–Trinajstić information content (AvgIpc) is 3.76. The number of aliphatic hydroxyl groups is 1. The standard InChI is InChI=1S/C48H78N6O9S2/c1-14-32(6)42(37(61-12)27-39(55)54-26-20-21-36(54)43(62-13)35(9)44(56)50-33(7)28-48(60)23-17-15-18-24-48)52(10)46(58)40(30(2)3)51-45(57)41(31(4)5)53(11)47(59)63-29-34(8)64-65-38-22-16-19-25-49-38/h15-19,22-23,25,30-37,40-43,60H,14,20-21,24,26-29H2,1-13H3,(H,50,56)(H,51,57)/t32-,33+,34+,35+,36+,37+,40-,41-,42-,43+,48-/m0/s1. The van der Waals surface area contributed by atoms with Crippen molar-refractivity contribution in [3.63, 3.8) is 0 Å². The highest BCUT2D eigenvalue weighted by molar-refractivity contribution is 8.76. The Hall–Kier alpha value is -3.64. The molecule has 1 aliphatic heterocycles. The van der Waals surface area contributed by atoms with Crippen molar-refractivity contribution < 1.29 is 43.3 Å². The third-order valence-electron chi connectivity index (χ3n) is 12.6. The number of carbonyl (C=O) groups excluding carboxylic acids is 5. The van der Waals surface area contributed by atoms with E-state index in [1.54, 1.807) is 43.2 Å². The highest BCUT2D eigenvalue weighted by Gasteiger charge is 2.44. The van der Waals surface area contributed by atoms with Crippen molar-refractivity contribution in [2.75, 3.05) is 41.5 Å². The topological polar surface area (TPSA) is 180 Å². The summed E-state index contributed by atoms with van der Waals surface area (Å²) in [7, 11) is 9.33. The second kappa shape index (κ2) is 26.6. The largest absolute Gasteiger partial charge is 0.448 e. The number of nitrogens with one attached hydrogen (secondary N) is 2. The Labute approximate surface area is 396 Å². The van der Waals surface area contributed by atoms with Gasteiger partial charge in [-0.2, -0.15) is 0 Å². The zero-order chi connectivity index (χ0) is 48.6. The monoisotopic (exact) mass is 947 g/mol. The third-order valence-corrected chi connectivity index (χ3v) is 15.4. The van der Waals surface area contributed by atoms with Crippen LogP contribution in [-0.4, -0.2) is 149 Å². The number of amides is 5. The van der Waals surface area contributed by atoms with Gasteiger partial charge in [0.2, 0.25) is 23.6 Å². The predicted molar refractivity (Wildman–Crippen MR) is 258 cm³/mol. The van der Waals surface area contributed by atoms with Crippen molar-refractivity contribution in [2.24, 2.45) is 23.7 Å². The predicted octanol–water partition coefficient (Wildman–Crippen LogP) is 6.51. The number of pyridine rings is 1. The van der Waals surface area contributed by atoms with Gasteiger partial charge >= 0.3 is 6.09 Å². The fourth-order valence-corrected chi connectivity index (χ4v) is 10.8. The molecule has 1 fully saturated rings. The van der Waals surface area contributed by atoms with Gasteiger partial charge in [-0.25, -0.2) is 9.78 Å². The van der Waals surface area contributed by atoms with Crippen molar-refractivity contribution >= 4 is 51.3 Å². The molecule has 1 aliphatic carbocycles. The van der Waals surface area contributed by atoms with Crippen molar-refractivity contribution in [1.82, 2.24) is 30.3 Å². The normalized spacial score (nSPS) is 21.4. The molecule has 1 aromatic rings. The molecule has 0 unspecified atom stereocenters. The Bertz CT molecular complexity index is 1750. The molecule has 0 radical (unpaired) electrons. The molecule has 2 aliphatic rings. The van der Waals surface area contributed by atoms with Crippen LogP contribution in [0.15, 0.2) is 53.7 Å². The number of rotatable bonds is 25. The molecular formula is C48H78N6O9S2. The Balaban J connectivity index is 1.71. The van der Waals surface area contributed by atoms with Gasteiger partial charge < -0.3 is 39.8 Å². The minimum Gasteiger partial charge on any atom is -0.448 e. The Morgan fingerprint density at radius 3 is 2.23 bits per heavy atom. The van der Waals surface area contributed by atoms with E-state index in [0.29, 0.717) is 32.2 Å². The molecular weight excluding hydrogens is 869 g/mol. The number of aromatic nitrogens is 1. The summed E-state index contributed by atoms with van der Waals surface area (Å²) in [5, 5.41) is 17.8. The van der Waals surface area contributed by atoms with Gasteiger partial charge in [0.25, 0.3) is 0 Å². The van der Waals surface area contributed by atoms with Crippen LogP contribution in [0.3, 0.4) is 0 Å². The van der Waals surface area contributed by atoms with E-state index >= 15 is 0 Å². The van der Waals surface area contributed by atoms with E-state index in [0.717, 1.165) is 11.4 Å². The molecule has 11 atom stereocenters. The molecule has 0 saturated carbocycles. The fourth-order valence-electron chi connectivity index (χ4n) is 8.92. The molecule has 15 nitrogen and oxygen atoms in total. The number of allylic oxidation sites excluding steroid dienone is 2. The lowest BCUT2D eigenvalue weighted by atomic mass is 9.88. The van der Waals surface area contributed by atoms with E-state index in [1.165, 1.54) is 40.6 Å². The number of likely N-dealkylation sites (tertiary alicyclic amines) is 1. The molecule has 1 saturated heterocycles. The molecule has 65 heavy (non-hydrogen) atoms. The maximum Gasteiger partial charge on any atom is 0.410 e. The van der Waals surface area contributed by atoms with Gasteiger partial charge in [0, 0.05) is 52.3 Å². The van der Waals surface area contributed by atoms with Crippen LogP contribution in [0, 0.1) is 23.7 Å². The van der Waals surface area contributed by atoms with Gasteiger partial charge in [-0.3, -0.25) is 24.1 Å². The zero-order valence-electron chi connectivity index (χ0n) is 41.0. The molecule has 17 heteroatoms. The first kappa shape index (κ1) is 55.7. The minimum atomic E-state index is -1.03. The number of hydrogen-bond acceptors (Lipinski definition) is 12. The summed E-state index contributed by atoms with van der Waals surface area (Å²) < 4.78 is 17.7. The van der Waals surface area contributed by atoms with Crippen LogP contribution in [0.4, 0.5) is 4.79 Å². The van der Waals surface area contributed by atoms with Crippen molar-refractivity contribution in [3.8, 4) is 0 Å². The van der Waals surface area contributed by atoms with E-state index < -0.39 is 53.9 Å². The van der Waals surface area contributed by atoms with Crippen LogP contribution in [0.2, 0.25) is 0 Å². The lowest BCUT2D eigenvalue weighted by Crippen LogP contribution is -2.60. The van der Waals surface area contributed by atoms with E-state index in [2.05, 4.69) is 15.6 Å². The average molecular weight is 947 g/mol. The van der Waals surface area contributed by atoms with E-state index in [9.17, 15) is 29.1 Å². The highest BCUT2D eigenvalue weighted by atomic mass is 33.1. The van der Waals surface area contributed by atoms with Crippen molar-refractivity contribution in [1.29, 1.82) is 0 Å². The van der Waals surface area contributed by atoms with Crippen LogP contribution < -0.4 is 10.6 Å². The highest BCUT2D eigenvalue weighted by Crippen LogP contribution is 2.33. The number of ether oxygens (including phenoxy) is 3. The Morgan fingerprint density at radius 1 is 0.954 bits per heavy atom. The molecule has 5 amide bonds. The van der Waals surface area contributed by atoms with Crippen molar-refractivity contribution in [2.45, 2.75) is 159 Å². The minimum absolute atomic E-state index is 0.0196. The fraction of sp³-hybridized carbons (Fsp3) is 0.708.